The minimum atomic E-state index is 0.0692. The van der Waals surface area contributed by atoms with E-state index >= 15 is 0 Å². The summed E-state index contributed by atoms with van der Waals surface area (Å²) in [7, 11) is 0. The molecule has 2 aromatic rings. The summed E-state index contributed by atoms with van der Waals surface area (Å²) in [5, 5.41) is 0. The molecule has 0 N–H and O–H groups in total. The van der Waals surface area contributed by atoms with Crippen LogP contribution in [0.4, 0.5) is 0 Å². The Bertz CT molecular complexity index is 492. The fraction of sp³-hybridized carbons (Fsp3) is 0.143. The van der Waals surface area contributed by atoms with Gasteiger partial charge in [0.2, 0.25) is 0 Å². The molecule has 3 rings (SSSR count). The summed E-state index contributed by atoms with van der Waals surface area (Å²) >= 11 is 0.0692. The Hall–Kier alpha value is -0.830. The maximum atomic E-state index is 2.30. The molecule has 0 fully saturated rings. The van der Waals surface area contributed by atoms with Crippen LogP contribution >= 0.6 is 0 Å². The number of hydrogen-bond acceptors (Lipinski definition) is 0. The average Bonchev–Trinajstić information content (AvgIpc) is 2.58. The SMILES string of the molecule is Cc1cccc2c1-c1c(C)cccc1[I-]2. The first-order chi connectivity index (χ1) is 7.27. The number of hydrogen-bond donors (Lipinski definition) is 0. The molecule has 0 saturated heterocycles. The monoisotopic (exact) mass is 307 g/mol. The molecule has 0 aromatic heterocycles. The normalized spacial score (nSPS) is 12.9. The van der Waals surface area contributed by atoms with Crippen LogP contribution in [-0.2, 0) is 0 Å². The molecule has 0 spiro atoms. The summed E-state index contributed by atoms with van der Waals surface area (Å²) in [4.78, 5) is 0. The Kier molecular flexibility index (Phi) is 2.09. The van der Waals surface area contributed by atoms with Crippen molar-refractivity contribution in [2.24, 2.45) is 0 Å². The van der Waals surface area contributed by atoms with E-state index in [1.54, 1.807) is 7.14 Å². The first-order valence-corrected chi connectivity index (χ1v) is 7.27. The van der Waals surface area contributed by atoms with Crippen molar-refractivity contribution in [2.45, 2.75) is 13.8 Å². The molecule has 1 aliphatic rings. The molecule has 0 unspecified atom stereocenters. The summed E-state index contributed by atoms with van der Waals surface area (Å²) in [5.41, 5.74) is 5.91. The third kappa shape index (κ3) is 1.33. The summed E-state index contributed by atoms with van der Waals surface area (Å²) < 4.78 is 3.19. The van der Waals surface area contributed by atoms with Gasteiger partial charge in [0.15, 0.2) is 0 Å². The Morgan fingerprint density at radius 1 is 0.733 bits per heavy atom. The predicted molar refractivity (Wildman–Crippen MR) is 58.7 cm³/mol. The van der Waals surface area contributed by atoms with Gasteiger partial charge in [-0.15, -0.1) is 0 Å². The molecule has 0 radical (unpaired) electrons. The van der Waals surface area contributed by atoms with Gasteiger partial charge in [-0.3, -0.25) is 0 Å². The Balaban J connectivity index is 2.39. The van der Waals surface area contributed by atoms with E-state index < -0.39 is 0 Å². The van der Waals surface area contributed by atoms with Crippen molar-refractivity contribution in [3.8, 4) is 11.1 Å². The Labute approximate surface area is 101 Å². The molecule has 1 aliphatic heterocycles. The molecular formula is C14H12I-. The number of fused-ring (bicyclic) bond motifs is 3. The second-order valence-corrected chi connectivity index (χ2v) is 6.82. The Morgan fingerprint density at radius 2 is 1.20 bits per heavy atom. The number of rotatable bonds is 0. The number of benzene rings is 2. The van der Waals surface area contributed by atoms with E-state index in [-0.39, 0.29) is 21.2 Å². The van der Waals surface area contributed by atoms with Crippen LogP contribution in [0.3, 0.4) is 0 Å². The van der Waals surface area contributed by atoms with Crippen molar-refractivity contribution in [1.29, 1.82) is 0 Å². The summed E-state index contributed by atoms with van der Waals surface area (Å²) in [5.74, 6) is 0. The van der Waals surface area contributed by atoms with Gasteiger partial charge in [0, 0.05) is 0 Å². The third-order valence-corrected chi connectivity index (χ3v) is 5.86. The second kappa shape index (κ2) is 3.34. The van der Waals surface area contributed by atoms with Crippen LogP contribution in [-0.4, -0.2) is 0 Å². The minimum absolute atomic E-state index is 0.0692. The van der Waals surface area contributed by atoms with Gasteiger partial charge in [-0.05, 0) is 0 Å². The molecule has 0 aliphatic carbocycles. The van der Waals surface area contributed by atoms with Crippen LogP contribution in [0.5, 0.6) is 0 Å². The molecule has 0 atom stereocenters. The van der Waals surface area contributed by atoms with E-state index in [4.69, 9.17) is 0 Å². The number of aryl methyl sites for hydroxylation is 2. The van der Waals surface area contributed by atoms with Crippen LogP contribution in [0.15, 0.2) is 36.4 Å². The maximum absolute atomic E-state index is 2.30. The van der Waals surface area contributed by atoms with E-state index in [0.29, 0.717) is 0 Å². The zero-order valence-corrected chi connectivity index (χ0v) is 11.0. The van der Waals surface area contributed by atoms with Gasteiger partial charge in [0.1, 0.15) is 0 Å². The average molecular weight is 307 g/mol. The van der Waals surface area contributed by atoms with E-state index in [2.05, 4.69) is 50.2 Å². The van der Waals surface area contributed by atoms with Gasteiger partial charge in [-0.25, -0.2) is 0 Å². The van der Waals surface area contributed by atoms with Crippen molar-refractivity contribution >= 4 is 0 Å². The molecule has 0 saturated carbocycles. The van der Waals surface area contributed by atoms with Crippen LogP contribution < -0.4 is 21.2 Å². The van der Waals surface area contributed by atoms with Gasteiger partial charge in [0.25, 0.3) is 0 Å². The van der Waals surface area contributed by atoms with Crippen LogP contribution in [0.25, 0.3) is 11.1 Å². The molecule has 0 amide bonds. The van der Waals surface area contributed by atoms with E-state index in [9.17, 15) is 0 Å². The van der Waals surface area contributed by atoms with E-state index in [1.165, 1.54) is 22.3 Å². The van der Waals surface area contributed by atoms with Crippen molar-refractivity contribution in [1.82, 2.24) is 0 Å². The molecule has 1 heterocycles. The fourth-order valence-corrected chi connectivity index (χ4v) is 5.49. The van der Waals surface area contributed by atoms with Crippen LogP contribution in [0, 0.1) is 21.0 Å². The van der Waals surface area contributed by atoms with Gasteiger partial charge >= 0.3 is 101 Å². The quantitative estimate of drug-likeness (QED) is 0.528. The first kappa shape index (κ1) is 9.40. The summed E-state index contributed by atoms with van der Waals surface area (Å²) in [6.07, 6.45) is 0. The second-order valence-electron chi connectivity index (χ2n) is 3.96. The fourth-order valence-electron chi connectivity index (χ4n) is 2.16. The molecule has 76 valence electrons. The van der Waals surface area contributed by atoms with Crippen molar-refractivity contribution < 1.29 is 21.2 Å². The zero-order valence-electron chi connectivity index (χ0n) is 8.84. The summed E-state index contributed by atoms with van der Waals surface area (Å²) in [6.45, 7) is 4.45. The topological polar surface area (TPSA) is 0 Å². The van der Waals surface area contributed by atoms with Gasteiger partial charge in [-0.2, -0.15) is 0 Å². The molecule has 15 heavy (non-hydrogen) atoms. The van der Waals surface area contributed by atoms with Gasteiger partial charge < -0.3 is 0 Å². The van der Waals surface area contributed by atoms with Crippen LogP contribution in [0.1, 0.15) is 11.1 Å². The van der Waals surface area contributed by atoms with Crippen molar-refractivity contribution in [3.05, 3.63) is 54.7 Å². The molecule has 1 heteroatoms. The van der Waals surface area contributed by atoms with Crippen LogP contribution in [0.2, 0.25) is 0 Å². The predicted octanol–water partition coefficient (Wildman–Crippen LogP) is 0.412. The molecule has 0 bridgehead atoms. The third-order valence-electron chi connectivity index (χ3n) is 2.90. The first-order valence-electron chi connectivity index (χ1n) is 5.12. The zero-order chi connectivity index (χ0) is 10.4. The molecular weight excluding hydrogens is 295 g/mol. The van der Waals surface area contributed by atoms with E-state index in [0.717, 1.165) is 0 Å². The van der Waals surface area contributed by atoms with Gasteiger partial charge in [0.05, 0.1) is 0 Å². The van der Waals surface area contributed by atoms with E-state index in [1.807, 2.05) is 0 Å². The molecule has 2 aromatic carbocycles. The molecule has 0 nitrogen and oxygen atoms in total. The van der Waals surface area contributed by atoms with Crippen molar-refractivity contribution in [3.63, 3.8) is 0 Å². The summed E-state index contributed by atoms with van der Waals surface area (Å²) in [6, 6.07) is 13.4. The Morgan fingerprint density at radius 3 is 1.67 bits per heavy atom. The standard InChI is InChI=1S/C14H12I/c1-9-5-3-7-11-13(9)14-10(2)6-4-8-12(14)15-11/h3-8H,1-2H3/q-1. The van der Waals surface area contributed by atoms with Gasteiger partial charge in [-0.1, -0.05) is 0 Å². The number of halogens is 1. The van der Waals surface area contributed by atoms with Crippen molar-refractivity contribution in [2.75, 3.05) is 0 Å².